The molecule has 0 aliphatic heterocycles. The Morgan fingerprint density at radius 3 is 2.17 bits per heavy atom. The van der Waals surface area contributed by atoms with Crippen molar-refractivity contribution in [2.24, 2.45) is 17.8 Å². The van der Waals surface area contributed by atoms with Crippen molar-refractivity contribution in [3.05, 3.63) is 35.9 Å². The van der Waals surface area contributed by atoms with Gasteiger partial charge in [0.2, 0.25) is 0 Å². The molecule has 1 saturated carbocycles. The number of esters is 2. The second-order valence-corrected chi connectivity index (χ2v) is 8.37. The van der Waals surface area contributed by atoms with Crippen LogP contribution in [0, 0.1) is 17.8 Å². The van der Waals surface area contributed by atoms with Crippen LogP contribution in [0.2, 0.25) is 0 Å². The zero-order valence-corrected chi connectivity index (χ0v) is 18.2. The molecule has 3 unspecified atom stereocenters. The Kier molecular flexibility index (Phi) is 10.8. The molecule has 2 rings (SSSR count). The van der Waals surface area contributed by atoms with Crippen molar-refractivity contribution in [2.75, 3.05) is 6.61 Å². The largest absolute Gasteiger partial charge is 0.465 e. The van der Waals surface area contributed by atoms with E-state index in [2.05, 4.69) is 13.8 Å². The SMILES string of the molecule is CCCCCC(CCC)COC(=O)C1CCCCC1C(=O)OCc1ccccc1. The molecule has 0 radical (unpaired) electrons. The fourth-order valence-electron chi connectivity index (χ4n) is 4.24. The van der Waals surface area contributed by atoms with Gasteiger partial charge >= 0.3 is 11.9 Å². The minimum atomic E-state index is -0.371. The van der Waals surface area contributed by atoms with Crippen LogP contribution in [0.3, 0.4) is 0 Å². The molecule has 29 heavy (non-hydrogen) atoms. The average molecular weight is 403 g/mol. The van der Waals surface area contributed by atoms with Crippen LogP contribution in [0.5, 0.6) is 0 Å². The molecular formula is C25H38O4. The highest BCUT2D eigenvalue weighted by Crippen LogP contribution is 2.32. The zero-order valence-electron chi connectivity index (χ0n) is 18.2. The van der Waals surface area contributed by atoms with Gasteiger partial charge in [0.15, 0.2) is 0 Å². The Balaban J connectivity index is 1.86. The molecule has 1 aliphatic rings. The second-order valence-electron chi connectivity index (χ2n) is 8.37. The summed E-state index contributed by atoms with van der Waals surface area (Å²) >= 11 is 0. The maximum Gasteiger partial charge on any atom is 0.310 e. The topological polar surface area (TPSA) is 52.6 Å². The third kappa shape index (κ3) is 8.20. The summed E-state index contributed by atoms with van der Waals surface area (Å²) in [6, 6.07) is 9.67. The first-order valence-electron chi connectivity index (χ1n) is 11.5. The molecule has 1 aromatic carbocycles. The molecule has 4 nitrogen and oxygen atoms in total. The molecule has 1 aliphatic carbocycles. The normalized spacial score (nSPS) is 20.1. The number of hydrogen-bond donors (Lipinski definition) is 0. The molecule has 162 valence electrons. The van der Waals surface area contributed by atoms with Crippen LogP contribution in [0.1, 0.15) is 83.6 Å². The standard InChI is InChI=1S/C25H38O4/c1-3-5-7-13-20(12-4-2)18-28-24(26)22-16-10-11-17-23(22)25(27)29-19-21-14-8-6-9-15-21/h6,8-9,14-15,20,22-23H,3-5,7,10-13,16-19H2,1-2H3. The van der Waals surface area contributed by atoms with Gasteiger partial charge in [-0.25, -0.2) is 0 Å². The molecule has 1 fully saturated rings. The maximum absolute atomic E-state index is 12.8. The van der Waals surface area contributed by atoms with Crippen LogP contribution in [0.25, 0.3) is 0 Å². The molecular weight excluding hydrogens is 364 g/mol. The highest BCUT2D eigenvalue weighted by Gasteiger charge is 2.38. The van der Waals surface area contributed by atoms with Crippen molar-refractivity contribution in [1.29, 1.82) is 0 Å². The second kappa shape index (κ2) is 13.4. The van der Waals surface area contributed by atoms with Crippen LogP contribution < -0.4 is 0 Å². The summed E-state index contributed by atoms with van der Waals surface area (Å²) in [4.78, 5) is 25.5. The molecule has 1 aromatic rings. The van der Waals surface area contributed by atoms with Crippen molar-refractivity contribution < 1.29 is 19.1 Å². The van der Waals surface area contributed by atoms with E-state index in [0.717, 1.165) is 44.1 Å². The van der Waals surface area contributed by atoms with Gasteiger partial charge in [0, 0.05) is 0 Å². The van der Waals surface area contributed by atoms with E-state index in [1.54, 1.807) is 0 Å². The fraction of sp³-hybridized carbons (Fsp3) is 0.680. The highest BCUT2D eigenvalue weighted by atomic mass is 16.5. The number of carbonyl (C=O) groups excluding carboxylic acids is 2. The molecule has 0 amide bonds. The first-order chi connectivity index (χ1) is 14.2. The first kappa shape index (κ1) is 23.4. The Hall–Kier alpha value is -1.84. The van der Waals surface area contributed by atoms with Crippen molar-refractivity contribution in [1.82, 2.24) is 0 Å². The predicted octanol–water partition coefficient (Wildman–Crippen LogP) is 6.08. The lowest BCUT2D eigenvalue weighted by molar-refractivity contribution is -0.164. The van der Waals surface area contributed by atoms with Crippen molar-refractivity contribution >= 4 is 11.9 Å². The van der Waals surface area contributed by atoms with E-state index in [4.69, 9.17) is 9.47 Å². The van der Waals surface area contributed by atoms with E-state index in [1.807, 2.05) is 30.3 Å². The lowest BCUT2D eigenvalue weighted by Gasteiger charge is -2.29. The van der Waals surface area contributed by atoms with Crippen molar-refractivity contribution in [3.63, 3.8) is 0 Å². The summed E-state index contributed by atoms with van der Waals surface area (Å²) in [5, 5.41) is 0. The number of carbonyl (C=O) groups is 2. The number of unbranched alkanes of at least 4 members (excludes halogenated alkanes) is 2. The maximum atomic E-state index is 12.8. The molecule has 0 aromatic heterocycles. The number of rotatable bonds is 12. The Bertz CT molecular complexity index is 598. The minimum Gasteiger partial charge on any atom is -0.465 e. The fourth-order valence-corrected chi connectivity index (χ4v) is 4.24. The predicted molar refractivity (Wildman–Crippen MR) is 115 cm³/mol. The van der Waals surface area contributed by atoms with Crippen LogP contribution >= 0.6 is 0 Å². The van der Waals surface area contributed by atoms with Gasteiger partial charge < -0.3 is 9.47 Å². The molecule has 4 heteroatoms. The lowest BCUT2D eigenvalue weighted by Crippen LogP contribution is -2.35. The molecule has 0 bridgehead atoms. The van der Waals surface area contributed by atoms with Crippen LogP contribution in [0.15, 0.2) is 30.3 Å². The number of ether oxygens (including phenoxy) is 2. The summed E-state index contributed by atoms with van der Waals surface area (Å²) in [6.45, 7) is 5.12. The third-order valence-electron chi connectivity index (χ3n) is 5.97. The van der Waals surface area contributed by atoms with E-state index >= 15 is 0 Å². The van der Waals surface area contributed by atoms with Gasteiger partial charge in [-0.2, -0.15) is 0 Å². The van der Waals surface area contributed by atoms with Crippen LogP contribution in [-0.4, -0.2) is 18.5 Å². The van der Waals surface area contributed by atoms with E-state index in [1.165, 1.54) is 19.3 Å². The van der Waals surface area contributed by atoms with Gasteiger partial charge in [0.05, 0.1) is 18.4 Å². The third-order valence-corrected chi connectivity index (χ3v) is 5.97. The van der Waals surface area contributed by atoms with Gasteiger partial charge in [0.25, 0.3) is 0 Å². The summed E-state index contributed by atoms with van der Waals surface area (Å²) in [5.74, 6) is -0.760. The Labute approximate surface area is 176 Å². The van der Waals surface area contributed by atoms with Gasteiger partial charge in [-0.1, -0.05) is 82.7 Å². The zero-order chi connectivity index (χ0) is 20.9. The van der Waals surface area contributed by atoms with Crippen molar-refractivity contribution in [2.45, 2.75) is 84.7 Å². The summed E-state index contributed by atoms with van der Waals surface area (Å²) < 4.78 is 11.3. The molecule has 0 heterocycles. The quantitative estimate of drug-likeness (QED) is 0.314. The smallest absolute Gasteiger partial charge is 0.310 e. The Morgan fingerprint density at radius 1 is 0.897 bits per heavy atom. The van der Waals surface area contributed by atoms with Gasteiger partial charge in [-0.15, -0.1) is 0 Å². The van der Waals surface area contributed by atoms with Crippen LogP contribution in [0.4, 0.5) is 0 Å². The first-order valence-corrected chi connectivity index (χ1v) is 11.5. The van der Waals surface area contributed by atoms with E-state index < -0.39 is 0 Å². The molecule has 0 saturated heterocycles. The lowest BCUT2D eigenvalue weighted by atomic mass is 9.79. The Morgan fingerprint density at radius 2 is 1.55 bits per heavy atom. The van der Waals surface area contributed by atoms with Gasteiger partial charge in [-0.05, 0) is 37.2 Å². The summed E-state index contributed by atoms with van der Waals surface area (Å²) in [5.41, 5.74) is 0.963. The number of hydrogen-bond acceptors (Lipinski definition) is 4. The molecule has 3 atom stereocenters. The van der Waals surface area contributed by atoms with E-state index in [0.29, 0.717) is 18.9 Å². The van der Waals surface area contributed by atoms with E-state index in [-0.39, 0.29) is 30.4 Å². The minimum absolute atomic E-state index is 0.206. The van der Waals surface area contributed by atoms with Gasteiger partial charge in [0.1, 0.15) is 6.61 Å². The molecule has 0 N–H and O–H groups in total. The molecule has 0 spiro atoms. The summed E-state index contributed by atoms with van der Waals surface area (Å²) in [7, 11) is 0. The average Bonchev–Trinajstić information content (AvgIpc) is 2.76. The van der Waals surface area contributed by atoms with Crippen molar-refractivity contribution in [3.8, 4) is 0 Å². The van der Waals surface area contributed by atoms with Gasteiger partial charge in [-0.3, -0.25) is 9.59 Å². The monoisotopic (exact) mass is 402 g/mol. The summed E-state index contributed by atoms with van der Waals surface area (Å²) in [6.07, 6.45) is 10.3. The number of benzene rings is 1. The highest BCUT2D eigenvalue weighted by molar-refractivity contribution is 5.82. The van der Waals surface area contributed by atoms with E-state index in [9.17, 15) is 9.59 Å². The van der Waals surface area contributed by atoms with Crippen LogP contribution in [-0.2, 0) is 25.7 Å².